The Morgan fingerprint density at radius 1 is 1.12 bits per heavy atom. The molecule has 5 N–H and O–H groups in total. The van der Waals surface area contributed by atoms with Crippen LogP contribution in [0, 0.1) is 6.42 Å². The molecular formula is C16H17N4O4PtS-3. The van der Waals surface area contributed by atoms with E-state index in [2.05, 4.69) is 4.98 Å². The molecule has 0 unspecified atom stereocenters. The average molecular weight is 556 g/mol. The van der Waals surface area contributed by atoms with Crippen LogP contribution in [0.5, 0.6) is 0 Å². The number of hydrogen-bond acceptors (Lipinski definition) is 5. The molecule has 0 fully saturated rings. The minimum absolute atomic E-state index is 0. The van der Waals surface area contributed by atoms with Gasteiger partial charge in [-0.1, -0.05) is 30.7 Å². The maximum Gasteiger partial charge on any atom is 0.254 e. The Bertz CT molecular complexity index is 917. The normalized spacial score (nSPS) is 14.1. The van der Waals surface area contributed by atoms with Gasteiger partial charge in [0, 0.05) is 45.6 Å². The van der Waals surface area contributed by atoms with Crippen LogP contribution in [0.1, 0.15) is 11.3 Å². The summed E-state index contributed by atoms with van der Waals surface area (Å²) in [5, 5.41) is 10.4. The van der Waals surface area contributed by atoms with Gasteiger partial charge in [-0.15, -0.1) is 12.1 Å². The molecular weight excluding hydrogens is 539 g/mol. The molecule has 3 rings (SSSR count). The summed E-state index contributed by atoms with van der Waals surface area (Å²) in [6.45, 7) is 0. The van der Waals surface area contributed by atoms with E-state index in [0.29, 0.717) is 5.69 Å². The van der Waals surface area contributed by atoms with Gasteiger partial charge in [0.15, 0.2) is 0 Å². The summed E-state index contributed by atoms with van der Waals surface area (Å²) in [5.74, 6) is -1.00. The number of aliphatic hydroxyl groups excluding tert-OH is 1. The maximum absolute atomic E-state index is 12.5. The molecule has 1 aliphatic heterocycles. The van der Waals surface area contributed by atoms with Crippen molar-refractivity contribution in [2.75, 3.05) is 7.05 Å². The number of pyridine rings is 1. The van der Waals surface area contributed by atoms with Crippen LogP contribution >= 0.6 is 0 Å². The number of benzene rings is 1. The molecule has 2 aromatic rings. The standard InChI is InChI=1S/C16H13N2O4S.2H2N.Pt/c1-18-15(13(19)10-11-6-4-5-9-17-11)16(20)12-7-2-3-8-14(12)23(18,21)22;;;/h2-10,20H,1H3;2*1H2;/q3*-1;. The van der Waals surface area contributed by atoms with Gasteiger partial charge < -0.3 is 26.5 Å². The first-order chi connectivity index (χ1) is 10.9. The van der Waals surface area contributed by atoms with Crippen molar-refractivity contribution in [3.63, 3.8) is 0 Å². The Hall–Kier alpha value is -2.19. The first-order valence-electron chi connectivity index (χ1n) is 6.74. The predicted molar refractivity (Wildman–Crippen MR) is 94.2 cm³/mol. The fourth-order valence-corrected chi connectivity index (χ4v) is 3.77. The third-order valence-electron chi connectivity index (χ3n) is 3.52. The molecule has 26 heavy (non-hydrogen) atoms. The monoisotopic (exact) mass is 556 g/mol. The molecule has 10 heteroatoms. The fourth-order valence-electron chi connectivity index (χ4n) is 2.37. The first kappa shape index (κ1) is 23.8. The molecule has 2 heterocycles. The van der Waals surface area contributed by atoms with Crippen LogP contribution in [-0.4, -0.2) is 35.6 Å². The summed E-state index contributed by atoms with van der Waals surface area (Å²) >= 11 is 0. The van der Waals surface area contributed by atoms with Gasteiger partial charge in [-0.2, -0.15) is 0 Å². The largest absolute Gasteiger partial charge is 0.693 e. The van der Waals surface area contributed by atoms with Crippen molar-refractivity contribution in [3.8, 4) is 0 Å². The van der Waals surface area contributed by atoms with Crippen molar-refractivity contribution in [2.24, 2.45) is 0 Å². The van der Waals surface area contributed by atoms with Crippen molar-refractivity contribution in [3.05, 3.63) is 84.3 Å². The van der Waals surface area contributed by atoms with Gasteiger partial charge in [0.05, 0.1) is 10.7 Å². The van der Waals surface area contributed by atoms with Crippen molar-refractivity contribution in [2.45, 2.75) is 4.90 Å². The Labute approximate surface area is 166 Å². The molecule has 0 radical (unpaired) electrons. The third kappa shape index (κ3) is 3.96. The van der Waals surface area contributed by atoms with Crippen LogP contribution in [0.4, 0.5) is 0 Å². The summed E-state index contributed by atoms with van der Waals surface area (Å²) in [7, 11) is -2.65. The number of nitrogens with two attached hydrogens (primary N) is 2. The van der Waals surface area contributed by atoms with Gasteiger partial charge in [0.1, 0.15) is 5.78 Å². The molecule has 0 spiro atoms. The van der Waals surface area contributed by atoms with E-state index in [1.807, 2.05) is 0 Å². The Morgan fingerprint density at radius 2 is 1.73 bits per heavy atom. The Kier molecular flexibility index (Phi) is 8.20. The van der Waals surface area contributed by atoms with Crippen LogP contribution in [0.15, 0.2) is 59.3 Å². The summed E-state index contributed by atoms with van der Waals surface area (Å²) in [4.78, 5) is 16.4. The molecule has 8 nitrogen and oxygen atoms in total. The minimum Gasteiger partial charge on any atom is -0.693 e. The molecule has 0 aliphatic carbocycles. The number of rotatable bonds is 3. The number of fused-ring (bicyclic) bond motifs is 1. The second-order valence-electron chi connectivity index (χ2n) is 4.93. The summed E-state index contributed by atoms with van der Waals surface area (Å²) in [6.07, 6.45) is 2.70. The molecule has 0 saturated carbocycles. The number of allylic oxidation sites excluding steroid dienone is 1. The van der Waals surface area contributed by atoms with Crippen molar-refractivity contribution in [1.29, 1.82) is 0 Å². The maximum atomic E-state index is 12.5. The Balaban J connectivity index is 0.00000208. The van der Waals surface area contributed by atoms with Gasteiger partial charge in [-0.3, -0.25) is 4.98 Å². The topological polar surface area (TPSA) is 155 Å². The second kappa shape index (κ2) is 8.95. The van der Waals surface area contributed by atoms with Gasteiger partial charge in [0.25, 0.3) is 10.0 Å². The van der Waals surface area contributed by atoms with Crippen molar-refractivity contribution in [1.82, 2.24) is 9.29 Å². The van der Waals surface area contributed by atoms with Crippen molar-refractivity contribution < 1.29 is 39.4 Å². The van der Waals surface area contributed by atoms with Crippen LogP contribution in [0.3, 0.4) is 0 Å². The van der Waals surface area contributed by atoms with E-state index in [9.17, 15) is 18.3 Å². The summed E-state index contributed by atoms with van der Waals surface area (Å²) < 4.78 is 25.8. The van der Waals surface area contributed by atoms with E-state index >= 15 is 0 Å². The van der Waals surface area contributed by atoms with Crippen LogP contribution in [0.2, 0.25) is 0 Å². The van der Waals surface area contributed by atoms with Gasteiger partial charge in [-0.25, -0.2) is 8.42 Å². The molecule has 1 aromatic heterocycles. The smallest absolute Gasteiger partial charge is 0.254 e. The summed E-state index contributed by atoms with van der Waals surface area (Å²) in [5.41, 5.74) is 0.195. The third-order valence-corrected chi connectivity index (χ3v) is 5.34. The number of sulfonamides is 1. The Morgan fingerprint density at radius 3 is 2.35 bits per heavy atom. The number of aliphatic hydroxyl groups is 1. The van der Waals surface area contributed by atoms with Crippen LogP contribution in [0.25, 0.3) is 18.1 Å². The number of nitrogens with zero attached hydrogens (tertiary/aromatic N) is 2. The molecule has 0 atom stereocenters. The minimum atomic E-state index is -3.89. The number of carbonyl (C=O) groups is 1. The van der Waals surface area contributed by atoms with Crippen molar-refractivity contribution >= 4 is 21.6 Å². The first-order valence-corrected chi connectivity index (χ1v) is 8.18. The quantitative estimate of drug-likeness (QED) is 0.575. The molecule has 1 aromatic carbocycles. The zero-order valence-corrected chi connectivity index (χ0v) is 16.7. The average Bonchev–Trinajstić information content (AvgIpc) is 2.54. The van der Waals surface area contributed by atoms with E-state index in [0.717, 1.165) is 4.31 Å². The van der Waals surface area contributed by atoms with Gasteiger partial charge in [-0.05, 0) is 11.8 Å². The van der Waals surface area contributed by atoms with E-state index < -0.39 is 15.8 Å². The number of likely N-dealkylation sites (N-methyl/N-ethyl adjacent to an activating group) is 1. The number of ketones is 1. The van der Waals surface area contributed by atoms with E-state index in [4.69, 9.17) is 0 Å². The number of aromatic nitrogens is 1. The zero-order chi connectivity index (χ0) is 16.6. The van der Waals surface area contributed by atoms with Crippen LogP contribution in [-0.2, 0) is 35.9 Å². The molecule has 0 saturated heterocycles. The van der Waals surface area contributed by atoms with E-state index in [-0.39, 0.29) is 55.3 Å². The van der Waals surface area contributed by atoms with Crippen LogP contribution < -0.4 is 0 Å². The fraction of sp³-hybridized carbons (Fsp3) is 0.0625. The van der Waals surface area contributed by atoms with E-state index in [1.54, 1.807) is 30.3 Å². The SMILES string of the molecule is CN1C(C(=O)[CH-]c2ccccn2)=C(O)c2ccccc2S1(=O)=O.[NH2-].[NH2-].[Pt]. The molecule has 0 amide bonds. The second-order valence-corrected chi connectivity index (χ2v) is 6.87. The number of carbonyl (C=O) groups excluding carboxylic acids is 1. The molecule has 144 valence electrons. The predicted octanol–water partition coefficient (Wildman–Crippen LogP) is 3.20. The molecule has 0 bridgehead atoms. The van der Waals surface area contributed by atoms with Gasteiger partial charge in [0.2, 0.25) is 0 Å². The summed E-state index contributed by atoms with van der Waals surface area (Å²) in [6, 6.07) is 11.0. The van der Waals surface area contributed by atoms with E-state index in [1.165, 1.54) is 31.8 Å². The number of Topliss-reactive ketones (excluding diaryl/α,β-unsaturated/α-hetero) is 1. The number of hydrogen-bond donors (Lipinski definition) is 1. The zero-order valence-electron chi connectivity index (χ0n) is 13.6. The molecule has 1 aliphatic rings. The van der Waals surface area contributed by atoms with Gasteiger partial charge >= 0.3 is 0 Å².